The number of anilines is 1. The molecule has 0 saturated carbocycles. The highest BCUT2D eigenvalue weighted by Gasteiger charge is 2.31. The van der Waals surface area contributed by atoms with Crippen LogP contribution in [0.4, 0.5) is 22.7 Å². The summed E-state index contributed by atoms with van der Waals surface area (Å²) >= 11 is 1.24. The van der Waals surface area contributed by atoms with E-state index in [2.05, 4.69) is 10.3 Å². The van der Waals surface area contributed by atoms with E-state index in [-0.39, 0.29) is 29.1 Å². The average Bonchev–Trinajstić information content (AvgIpc) is 3.27. The number of likely N-dealkylation sites (tertiary alicyclic amines) is 1. The molecule has 0 bridgehead atoms. The maximum atomic E-state index is 13.4. The van der Waals surface area contributed by atoms with Crippen molar-refractivity contribution in [1.82, 2.24) is 9.88 Å². The number of aromatic nitrogens is 1. The molecular weight excluding hydrogens is 458 g/mol. The molecule has 0 unspecified atom stereocenters. The minimum atomic E-state index is -4.46. The number of hydrogen-bond donors (Lipinski definition) is 1. The number of nitrogens with zero attached hydrogens (tertiary/aromatic N) is 2. The van der Waals surface area contributed by atoms with Gasteiger partial charge in [0.1, 0.15) is 5.82 Å². The number of benzene rings is 2. The Balaban J connectivity index is 1.31. The van der Waals surface area contributed by atoms with Gasteiger partial charge in [-0.25, -0.2) is 9.37 Å². The third-order valence-electron chi connectivity index (χ3n) is 5.47. The Bertz CT molecular complexity index is 1150. The summed E-state index contributed by atoms with van der Waals surface area (Å²) in [5, 5.41) is 4.91. The van der Waals surface area contributed by atoms with Gasteiger partial charge in [-0.1, -0.05) is 12.1 Å². The molecule has 2 heterocycles. The van der Waals surface area contributed by atoms with E-state index in [4.69, 9.17) is 0 Å². The number of piperidine rings is 1. The minimum absolute atomic E-state index is 0.179. The number of rotatable bonds is 4. The van der Waals surface area contributed by atoms with E-state index < -0.39 is 11.7 Å². The van der Waals surface area contributed by atoms with Crippen molar-refractivity contribution in [3.8, 4) is 11.3 Å². The molecule has 0 spiro atoms. The third kappa shape index (κ3) is 5.39. The predicted molar refractivity (Wildman–Crippen MR) is 116 cm³/mol. The quantitative estimate of drug-likeness (QED) is 0.508. The van der Waals surface area contributed by atoms with Crippen LogP contribution in [0.2, 0.25) is 0 Å². The average molecular weight is 477 g/mol. The van der Waals surface area contributed by atoms with Gasteiger partial charge in [-0.3, -0.25) is 9.59 Å². The second-order valence-electron chi connectivity index (χ2n) is 7.68. The Kier molecular flexibility index (Phi) is 6.46. The molecule has 3 aromatic rings. The first-order valence-corrected chi connectivity index (χ1v) is 11.1. The van der Waals surface area contributed by atoms with Crippen LogP contribution in [0.5, 0.6) is 0 Å². The maximum Gasteiger partial charge on any atom is 0.416 e. The van der Waals surface area contributed by atoms with E-state index in [0.717, 1.165) is 12.1 Å². The summed E-state index contributed by atoms with van der Waals surface area (Å²) in [6, 6.07) is 10.1. The Morgan fingerprint density at radius 3 is 2.39 bits per heavy atom. The zero-order chi connectivity index (χ0) is 23.6. The molecule has 33 heavy (non-hydrogen) atoms. The van der Waals surface area contributed by atoms with Gasteiger partial charge in [-0.15, -0.1) is 11.3 Å². The first-order chi connectivity index (χ1) is 15.7. The molecule has 172 valence electrons. The smallest absolute Gasteiger partial charge is 0.339 e. The van der Waals surface area contributed by atoms with Crippen molar-refractivity contribution in [2.75, 3.05) is 18.4 Å². The zero-order valence-electron chi connectivity index (χ0n) is 17.2. The molecule has 1 N–H and O–H groups in total. The number of nitrogens with one attached hydrogen (secondary N) is 1. The Labute approximate surface area is 191 Å². The molecule has 1 aliphatic rings. The van der Waals surface area contributed by atoms with Crippen molar-refractivity contribution in [2.24, 2.45) is 5.92 Å². The van der Waals surface area contributed by atoms with Crippen LogP contribution in [0.25, 0.3) is 11.3 Å². The van der Waals surface area contributed by atoms with E-state index in [1.807, 2.05) is 0 Å². The second-order valence-corrected chi connectivity index (χ2v) is 8.54. The van der Waals surface area contributed by atoms with Crippen LogP contribution < -0.4 is 5.32 Å². The van der Waals surface area contributed by atoms with E-state index in [1.165, 1.54) is 40.5 Å². The fraction of sp³-hybridized carbons (Fsp3) is 0.261. The lowest BCUT2D eigenvalue weighted by Crippen LogP contribution is -2.41. The number of carbonyl (C=O) groups is 2. The van der Waals surface area contributed by atoms with Crippen LogP contribution in [0, 0.1) is 11.7 Å². The number of alkyl halides is 3. The van der Waals surface area contributed by atoms with Crippen molar-refractivity contribution in [1.29, 1.82) is 0 Å². The van der Waals surface area contributed by atoms with Crippen molar-refractivity contribution in [3.63, 3.8) is 0 Å². The molecule has 5 nitrogen and oxygen atoms in total. The van der Waals surface area contributed by atoms with E-state index in [9.17, 15) is 27.2 Å². The summed E-state index contributed by atoms with van der Waals surface area (Å²) in [7, 11) is 0. The van der Waals surface area contributed by atoms with Crippen LogP contribution in [-0.2, 0) is 11.0 Å². The Morgan fingerprint density at radius 1 is 1.06 bits per heavy atom. The number of amides is 2. The normalized spacial score (nSPS) is 14.8. The number of hydrogen-bond acceptors (Lipinski definition) is 4. The molecule has 1 saturated heterocycles. The summed E-state index contributed by atoms with van der Waals surface area (Å²) in [5.74, 6) is -1.26. The summed E-state index contributed by atoms with van der Waals surface area (Å²) in [6.45, 7) is 0.648. The highest BCUT2D eigenvalue weighted by atomic mass is 32.1. The van der Waals surface area contributed by atoms with Gasteiger partial charge in [0, 0.05) is 35.5 Å². The summed E-state index contributed by atoms with van der Waals surface area (Å²) < 4.78 is 51.5. The van der Waals surface area contributed by atoms with Gasteiger partial charge in [0.2, 0.25) is 5.91 Å². The number of thiazole rings is 1. The van der Waals surface area contributed by atoms with Crippen molar-refractivity contribution in [3.05, 3.63) is 70.9 Å². The van der Waals surface area contributed by atoms with Crippen LogP contribution in [0.15, 0.2) is 53.9 Å². The van der Waals surface area contributed by atoms with Gasteiger partial charge in [0.05, 0.1) is 11.3 Å². The second kappa shape index (κ2) is 9.30. The van der Waals surface area contributed by atoms with Crippen molar-refractivity contribution >= 4 is 28.3 Å². The minimum Gasteiger partial charge on any atom is -0.339 e. The summed E-state index contributed by atoms with van der Waals surface area (Å²) in [6.07, 6.45) is -3.59. The van der Waals surface area contributed by atoms with Crippen LogP contribution in [-0.4, -0.2) is 34.8 Å². The zero-order valence-corrected chi connectivity index (χ0v) is 18.0. The number of carbonyl (C=O) groups excluding carboxylic acids is 2. The van der Waals surface area contributed by atoms with Crippen molar-refractivity contribution < 1.29 is 27.2 Å². The molecule has 2 amide bonds. The number of halogens is 4. The topological polar surface area (TPSA) is 62.3 Å². The van der Waals surface area contributed by atoms with Crippen LogP contribution in [0.1, 0.15) is 28.8 Å². The van der Waals surface area contributed by atoms with Gasteiger partial charge in [-0.2, -0.15) is 13.2 Å². The van der Waals surface area contributed by atoms with Gasteiger partial charge in [-0.05, 0) is 49.2 Å². The molecule has 1 aromatic heterocycles. The van der Waals surface area contributed by atoms with Gasteiger partial charge in [0.25, 0.3) is 5.91 Å². The van der Waals surface area contributed by atoms with Crippen LogP contribution in [0.3, 0.4) is 0 Å². The highest BCUT2D eigenvalue weighted by Crippen LogP contribution is 2.30. The fourth-order valence-corrected chi connectivity index (χ4v) is 4.37. The summed E-state index contributed by atoms with van der Waals surface area (Å²) in [4.78, 5) is 31.1. The van der Waals surface area contributed by atoms with E-state index >= 15 is 0 Å². The van der Waals surface area contributed by atoms with E-state index in [0.29, 0.717) is 42.3 Å². The molecule has 2 aromatic carbocycles. The molecular formula is C23H19F4N3O2S. The molecule has 10 heteroatoms. The standard InChI is InChI=1S/C23H19F4N3O2S/c24-18-3-1-2-16(12-18)19-13-33-22(28-19)29-20(31)14-8-10-30(11-9-14)21(32)15-4-6-17(7-5-15)23(25,26)27/h1-7,12-14H,8-11H2,(H,28,29,31). The molecule has 4 rings (SSSR count). The SMILES string of the molecule is O=C(Nc1nc(-c2cccc(F)c2)cs1)C1CCN(C(=O)c2ccc(C(F)(F)F)cc2)CC1. The lowest BCUT2D eigenvalue weighted by Gasteiger charge is -2.31. The summed E-state index contributed by atoms with van der Waals surface area (Å²) in [5.41, 5.74) is 0.546. The van der Waals surface area contributed by atoms with Crippen LogP contribution >= 0.6 is 11.3 Å². The predicted octanol–water partition coefficient (Wildman–Crippen LogP) is 5.46. The molecule has 0 atom stereocenters. The molecule has 1 fully saturated rings. The first-order valence-electron chi connectivity index (χ1n) is 10.2. The largest absolute Gasteiger partial charge is 0.416 e. The highest BCUT2D eigenvalue weighted by molar-refractivity contribution is 7.14. The fourth-order valence-electron chi connectivity index (χ4n) is 3.65. The monoisotopic (exact) mass is 477 g/mol. The molecule has 0 radical (unpaired) electrons. The maximum absolute atomic E-state index is 13.4. The van der Waals surface area contributed by atoms with Gasteiger partial charge in [0.15, 0.2) is 5.13 Å². The van der Waals surface area contributed by atoms with Gasteiger partial charge >= 0.3 is 6.18 Å². The van der Waals surface area contributed by atoms with E-state index in [1.54, 1.807) is 17.5 Å². The molecule has 1 aliphatic heterocycles. The lowest BCUT2D eigenvalue weighted by molar-refractivity contribution is -0.137. The van der Waals surface area contributed by atoms with Gasteiger partial charge < -0.3 is 10.2 Å². The first kappa shape index (κ1) is 22.9. The molecule has 0 aliphatic carbocycles. The third-order valence-corrected chi connectivity index (χ3v) is 6.22. The van der Waals surface area contributed by atoms with Crippen molar-refractivity contribution in [2.45, 2.75) is 19.0 Å². The Hall–Kier alpha value is -3.27. The Morgan fingerprint density at radius 2 is 1.76 bits per heavy atom. The lowest BCUT2D eigenvalue weighted by atomic mass is 9.95.